The van der Waals surface area contributed by atoms with Crippen molar-refractivity contribution in [2.45, 2.75) is 0 Å². The second-order valence-electron chi connectivity index (χ2n) is 5.82. The molecule has 0 atom stereocenters. The average molecular weight is 375 g/mol. The van der Waals surface area contributed by atoms with Crippen molar-refractivity contribution in [3.8, 4) is 23.3 Å². The first-order valence-corrected chi connectivity index (χ1v) is 8.33. The molecule has 0 aliphatic carbocycles. The van der Waals surface area contributed by atoms with Crippen molar-refractivity contribution in [2.24, 2.45) is 0 Å². The number of methoxy groups -OCH3 is 2. The molecule has 1 aromatic heterocycles. The number of nitro groups is 1. The summed E-state index contributed by atoms with van der Waals surface area (Å²) in [5.74, 6) is 1.12. The summed E-state index contributed by atoms with van der Waals surface area (Å²) in [5.41, 5.74) is 2.68. The van der Waals surface area contributed by atoms with Crippen LogP contribution in [0.15, 0.2) is 60.8 Å². The maximum atomic E-state index is 10.8. The van der Waals surface area contributed by atoms with E-state index in [1.807, 2.05) is 22.9 Å². The Morgan fingerprint density at radius 1 is 1.11 bits per heavy atom. The van der Waals surface area contributed by atoms with E-state index in [1.165, 1.54) is 19.2 Å². The summed E-state index contributed by atoms with van der Waals surface area (Å²) in [4.78, 5) is 10.4. The lowest BCUT2D eigenvalue weighted by Crippen LogP contribution is -1.96. The lowest BCUT2D eigenvalue weighted by Gasteiger charge is -2.10. The number of benzene rings is 2. The maximum Gasteiger partial charge on any atom is 0.269 e. The van der Waals surface area contributed by atoms with Crippen molar-refractivity contribution < 1.29 is 14.4 Å². The minimum atomic E-state index is -0.439. The van der Waals surface area contributed by atoms with E-state index in [-0.39, 0.29) is 5.69 Å². The van der Waals surface area contributed by atoms with Gasteiger partial charge in [-0.3, -0.25) is 10.1 Å². The molecule has 2 aromatic carbocycles. The summed E-state index contributed by atoms with van der Waals surface area (Å²) in [7, 11) is 3.09. The molecule has 28 heavy (non-hydrogen) atoms. The molecule has 7 nitrogen and oxygen atoms in total. The van der Waals surface area contributed by atoms with Crippen LogP contribution in [0, 0.1) is 21.4 Å². The third-order valence-electron chi connectivity index (χ3n) is 4.23. The zero-order valence-corrected chi connectivity index (χ0v) is 15.3. The molecular formula is C21H17N3O4. The van der Waals surface area contributed by atoms with E-state index in [0.29, 0.717) is 22.6 Å². The Labute approximate surface area is 161 Å². The van der Waals surface area contributed by atoms with Crippen molar-refractivity contribution >= 4 is 17.3 Å². The molecule has 3 aromatic rings. The highest BCUT2D eigenvalue weighted by Crippen LogP contribution is 2.31. The second kappa shape index (κ2) is 8.10. The molecule has 140 valence electrons. The van der Waals surface area contributed by atoms with Gasteiger partial charge >= 0.3 is 0 Å². The molecule has 0 amide bonds. The third kappa shape index (κ3) is 3.71. The number of hydrogen-bond acceptors (Lipinski definition) is 5. The van der Waals surface area contributed by atoms with Gasteiger partial charge < -0.3 is 14.0 Å². The zero-order chi connectivity index (χ0) is 20.1. The van der Waals surface area contributed by atoms with Crippen LogP contribution in [0.2, 0.25) is 0 Å². The highest BCUT2D eigenvalue weighted by Gasteiger charge is 2.10. The SMILES string of the molecule is COc1ccc(/C(C#N)=C/c2cccn2-c2ccc([N+](=O)[O-])cc2)cc1OC. The van der Waals surface area contributed by atoms with E-state index in [2.05, 4.69) is 6.07 Å². The Kier molecular flexibility index (Phi) is 5.42. The molecule has 0 fully saturated rings. The summed E-state index contributed by atoms with van der Waals surface area (Å²) < 4.78 is 12.4. The summed E-state index contributed by atoms with van der Waals surface area (Å²) in [6.07, 6.45) is 3.58. The summed E-state index contributed by atoms with van der Waals surface area (Å²) in [6.45, 7) is 0. The van der Waals surface area contributed by atoms with Crippen molar-refractivity contribution in [3.05, 3.63) is 82.2 Å². The Morgan fingerprint density at radius 2 is 1.82 bits per heavy atom. The van der Waals surface area contributed by atoms with Crippen molar-refractivity contribution in [1.29, 1.82) is 5.26 Å². The first-order valence-electron chi connectivity index (χ1n) is 8.33. The molecule has 0 saturated heterocycles. The van der Waals surface area contributed by atoms with Crippen LogP contribution in [0.4, 0.5) is 5.69 Å². The van der Waals surface area contributed by atoms with Crippen LogP contribution >= 0.6 is 0 Å². The van der Waals surface area contributed by atoms with Crippen LogP contribution in [0.3, 0.4) is 0 Å². The lowest BCUT2D eigenvalue weighted by molar-refractivity contribution is -0.384. The molecule has 7 heteroatoms. The molecule has 0 spiro atoms. The van der Waals surface area contributed by atoms with Crippen LogP contribution in [0.25, 0.3) is 17.3 Å². The number of nitro benzene ring substituents is 1. The van der Waals surface area contributed by atoms with Gasteiger partial charge in [-0.2, -0.15) is 5.26 Å². The van der Waals surface area contributed by atoms with Gasteiger partial charge in [-0.05, 0) is 54.1 Å². The lowest BCUT2D eigenvalue weighted by atomic mass is 10.1. The number of nitriles is 1. The molecule has 0 unspecified atom stereocenters. The number of rotatable bonds is 6. The third-order valence-corrected chi connectivity index (χ3v) is 4.23. The van der Waals surface area contributed by atoms with Crippen molar-refractivity contribution in [2.75, 3.05) is 14.2 Å². The molecule has 0 bridgehead atoms. The standard InChI is InChI=1S/C21H17N3O4/c1-27-20-10-5-15(13-21(20)28-2)16(14-22)12-19-4-3-11-23(19)17-6-8-18(9-7-17)24(25)26/h3-13H,1-2H3/b16-12+. The fourth-order valence-electron chi connectivity index (χ4n) is 2.81. The normalized spacial score (nSPS) is 11.0. The molecule has 3 rings (SSSR count). The quantitative estimate of drug-likeness (QED) is 0.360. The first kappa shape index (κ1) is 18.7. The summed E-state index contributed by atoms with van der Waals surface area (Å²) >= 11 is 0. The van der Waals surface area contributed by atoms with Crippen LogP contribution in [0.1, 0.15) is 11.3 Å². The van der Waals surface area contributed by atoms with Gasteiger partial charge in [-0.25, -0.2) is 0 Å². The number of aromatic nitrogens is 1. The Hall–Kier alpha value is -4.05. The van der Waals surface area contributed by atoms with E-state index in [1.54, 1.807) is 43.5 Å². The van der Waals surface area contributed by atoms with Gasteiger partial charge in [0.15, 0.2) is 11.5 Å². The Morgan fingerprint density at radius 3 is 2.43 bits per heavy atom. The molecular weight excluding hydrogens is 358 g/mol. The highest BCUT2D eigenvalue weighted by molar-refractivity contribution is 5.90. The number of non-ortho nitro benzene ring substituents is 1. The molecule has 0 aliphatic rings. The van der Waals surface area contributed by atoms with Gasteiger partial charge in [0.2, 0.25) is 0 Å². The molecule has 0 N–H and O–H groups in total. The van der Waals surface area contributed by atoms with Crippen molar-refractivity contribution in [1.82, 2.24) is 4.57 Å². The first-order chi connectivity index (χ1) is 13.6. The van der Waals surface area contributed by atoms with E-state index in [0.717, 1.165) is 11.4 Å². The fourth-order valence-corrected chi connectivity index (χ4v) is 2.81. The number of nitrogens with zero attached hydrogens (tertiary/aromatic N) is 3. The van der Waals surface area contributed by atoms with E-state index in [9.17, 15) is 15.4 Å². The van der Waals surface area contributed by atoms with Gasteiger partial charge in [-0.15, -0.1) is 0 Å². The van der Waals surface area contributed by atoms with Gasteiger partial charge in [0, 0.05) is 29.7 Å². The van der Waals surface area contributed by atoms with Gasteiger partial charge in [-0.1, -0.05) is 0 Å². The zero-order valence-electron chi connectivity index (χ0n) is 15.3. The van der Waals surface area contributed by atoms with Crippen LogP contribution in [-0.4, -0.2) is 23.7 Å². The Bertz CT molecular complexity index is 1080. The molecule has 1 heterocycles. The fraction of sp³-hybridized carbons (Fsp3) is 0.0952. The molecule has 0 aliphatic heterocycles. The second-order valence-corrected chi connectivity index (χ2v) is 5.82. The van der Waals surface area contributed by atoms with E-state index in [4.69, 9.17) is 9.47 Å². The monoisotopic (exact) mass is 375 g/mol. The predicted molar refractivity (Wildman–Crippen MR) is 105 cm³/mol. The maximum absolute atomic E-state index is 10.8. The van der Waals surface area contributed by atoms with Crippen LogP contribution < -0.4 is 9.47 Å². The smallest absolute Gasteiger partial charge is 0.269 e. The number of ether oxygens (including phenoxy) is 2. The van der Waals surface area contributed by atoms with E-state index >= 15 is 0 Å². The minimum absolute atomic E-state index is 0.0241. The largest absolute Gasteiger partial charge is 0.493 e. The molecule has 0 radical (unpaired) electrons. The number of allylic oxidation sites excluding steroid dienone is 1. The Balaban J connectivity index is 2.00. The highest BCUT2D eigenvalue weighted by atomic mass is 16.6. The van der Waals surface area contributed by atoms with Gasteiger partial charge in [0.25, 0.3) is 5.69 Å². The summed E-state index contributed by atoms with van der Waals surface area (Å²) in [6, 6.07) is 17.4. The average Bonchev–Trinajstić information content (AvgIpc) is 3.19. The van der Waals surface area contributed by atoms with E-state index < -0.39 is 4.92 Å². The predicted octanol–water partition coefficient (Wildman–Crippen LogP) is 4.47. The number of hydrogen-bond donors (Lipinski definition) is 0. The van der Waals surface area contributed by atoms with Gasteiger partial charge in [0.1, 0.15) is 0 Å². The van der Waals surface area contributed by atoms with Crippen molar-refractivity contribution in [3.63, 3.8) is 0 Å². The molecule has 0 saturated carbocycles. The van der Waals surface area contributed by atoms with Gasteiger partial charge in [0.05, 0.1) is 30.8 Å². The van der Waals surface area contributed by atoms with Crippen LogP contribution in [0.5, 0.6) is 11.5 Å². The summed E-state index contributed by atoms with van der Waals surface area (Å²) in [5, 5.41) is 20.5. The minimum Gasteiger partial charge on any atom is -0.493 e. The van der Waals surface area contributed by atoms with Crippen LogP contribution in [-0.2, 0) is 0 Å². The topological polar surface area (TPSA) is 90.3 Å².